The topological polar surface area (TPSA) is 60.9 Å². The van der Waals surface area contributed by atoms with E-state index in [4.69, 9.17) is 16.3 Å². The molecule has 6 nitrogen and oxygen atoms in total. The number of amidine groups is 1. The predicted octanol–water partition coefficient (Wildman–Crippen LogP) is 5.86. The maximum Gasteiger partial charge on any atom is 0.376 e. The Bertz CT molecular complexity index is 1330. The van der Waals surface area contributed by atoms with Crippen molar-refractivity contribution in [3.8, 4) is 0 Å². The number of hydrazone groups is 1. The van der Waals surface area contributed by atoms with Crippen LogP contribution in [0.4, 0.5) is 15.8 Å². The molecule has 1 aliphatic heterocycles. The summed E-state index contributed by atoms with van der Waals surface area (Å²) in [6.45, 7) is 1.94. The van der Waals surface area contributed by atoms with Crippen LogP contribution in [-0.4, -0.2) is 23.4 Å². The van der Waals surface area contributed by atoms with Crippen molar-refractivity contribution < 1.29 is 13.9 Å². The van der Waals surface area contributed by atoms with Gasteiger partial charge in [-0.3, -0.25) is 4.90 Å². The van der Waals surface area contributed by atoms with Crippen LogP contribution in [0.15, 0.2) is 84.1 Å². The molecule has 166 valence electrons. The highest BCUT2D eigenvalue weighted by atomic mass is 35.5. The Morgan fingerprint density at radius 1 is 1.06 bits per heavy atom. The van der Waals surface area contributed by atoms with Crippen LogP contribution in [-0.2, 0) is 9.53 Å². The number of rotatable bonds is 5. The Labute approximate surface area is 194 Å². The Hall–Kier alpha value is -3.84. The molecule has 2 heterocycles. The number of anilines is 2. The molecule has 1 aliphatic rings. The minimum Gasteiger partial charge on any atom is -0.460 e. The maximum atomic E-state index is 13.7. The van der Waals surface area contributed by atoms with Crippen LogP contribution in [0.2, 0.25) is 5.02 Å². The molecule has 0 saturated heterocycles. The number of carbonyl (C=O) groups is 1. The molecule has 8 heteroatoms. The third kappa shape index (κ3) is 3.81. The van der Waals surface area contributed by atoms with Crippen molar-refractivity contribution in [1.29, 1.82) is 0 Å². The number of carbonyl (C=O) groups excluding carboxylic acids is 1. The predicted molar refractivity (Wildman–Crippen MR) is 128 cm³/mol. The van der Waals surface area contributed by atoms with Crippen LogP contribution in [0.5, 0.6) is 0 Å². The lowest BCUT2D eigenvalue weighted by Crippen LogP contribution is -2.39. The second-order valence-corrected chi connectivity index (χ2v) is 7.91. The van der Waals surface area contributed by atoms with Gasteiger partial charge in [0.1, 0.15) is 5.82 Å². The number of fused-ring (bicyclic) bond motifs is 1. The van der Waals surface area contributed by atoms with Gasteiger partial charge in [-0.2, -0.15) is 0 Å². The molecular formula is C25H20ClFN4O2. The van der Waals surface area contributed by atoms with E-state index in [-0.39, 0.29) is 18.3 Å². The molecule has 0 radical (unpaired) electrons. The van der Waals surface area contributed by atoms with E-state index in [9.17, 15) is 9.18 Å². The van der Waals surface area contributed by atoms with E-state index in [0.29, 0.717) is 10.7 Å². The van der Waals surface area contributed by atoms with E-state index in [2.05, 4.69) is 10.1 Å². The van der Waals surface area contributed by atoms with Crippen molar-refractivity contribution in [3.63, 3.8) is 0 Å². The maximum absolute atomic E-state index is 13.7. The van der Waals surface area contributed by atoms with Crippen molar-refractivity contribution in [3.05, 3.63) is 95.4 Å². The highest BCUT2D eigenvalue weighted by Gasteiger charge is 2.42. The molecule has 0 amide bonds. The number of esters is 1. The first-order chi connectivity index (χ1) is 16.1. The number of ether oxygens (including phenoxy) is 1. The van der Waals surface area contributed by atoms with E-state index in [1.165, 1.54) is 12.1 Å². The largest absolute Gasteiger partial charge is 0.460 e. The first-order valence-corrected chi connectivity index (χ1v) is 10.9. The number of hydrogen-bond donors (Lipinski definition) is 1. The quantitative estimate of drug-likeness (QED) is 0.377. The number of benzene rings is 3. The Balaban J connectivity index is 1.73. The van der Waals surface area contributed by atoms with Gasteiger partial charge in [-0.05, 0) is 61.5 Å². The van der Waals surface area contributed by atoms with Crippen molar-refractivity contribution in [1.82, 2.24) is 4.98 Å². The molecule has 1 unspecified atom stereocenters. The van der Waals surface area contributed by atoms with Gasteiger partial charge >= 0.3 is 5.97 Å². The molecule has 0 aliphatic carbocycles. The van der Waals surface area contributed by atoms with Gasteiger partial charge < -0.3 is 9.72 Å². The zero-order valence-corrected chi connectivity index (χ0v) is 18.5. The van der Waals surface area contributed by atoms with Crippen molar-refractivity contribution in [2.45, 2.75) is 13.1 Å². The second-order valence-electron chi connectivity index (χ2n) is 7.47. The summed E-state index contributed by atoms with van der Waals surface area (Å²) in [5, 5.41) is 8.00. The van der Waals surface area contributed by atoms with Crippen LogP contribution < -0.4 is 9.91 Å². The first kappa shape index (κ1) is 21.0. The fraction of sp³-hybridized carbons (Fsp3) is 0.120. The summed E-state index contributed by atoms with van der Waals surface area (Å²) in [5.74, 6) is -0.831. The molecule has 3 aromatic carbocycles. The van der Waals surface area contributed by atoms with E-state index < -0.39 is 12.1 Å². The summed E-state index contributed by atoms with van der Waals surface area (Å²) in [7, 11) is 0. The van der Waals surface area contributed by atoms with Crippen LogP contribution >= 0.6 is 11.6 Å². The van der Waals surface area contributed by atoms with E-state index in [1.54, 1.807) is 41.1 Å². The van der Waals surface area contributed by atoms with Gasteiger partial charge in [0.05, 0.1) is 12.3 Å². The third-order valence-corrected chi connectivity index (χ3v) is 5.71. The summed E-state index contributed by atoms with van der Waals surface area (Å²) in [6.07, 6.45) is 1.37. The molecule has 4 aromatic rings. The van der Waals surface area contributed by atoms with Crippen LogP contribution in [0.25, 0.3) is 10.9 Å². The van der Waals surface area contributed by atoms with Crippen LogP contribution in [0.1, 0.15) is 18.7 Å². The molecule has 0 bridgehead atoms. The smallest absolute Gasteiger partial charge is 0.376 e. The zero-order chi connectivity index (χ0) is 22.9. The Kier molecular flexibility index (Phi) is 5.48. The summed E-state index contributed by atoms with van der Waals surface area (Å²) in [4.78, 5) is 18.0. The number of para-hydroxylation sites is 1. The highest BCUT2D eigenvalue weighted by molar-refractivity contribution is 6.42. The lowest BCUT2D eigenvalue weighted by Gasteiger charge is -2.31. The third-order valence-electron chi connectivity index (χ3n) is 5.46. The van der Waals surface area contributed by atoms with Gasteiger partial charge in [0.15, 0.2) is 6.17 Å². The number of halogens is 2. The molecule has 1 atom stereocenters. The standard InChI is InChI=1S/C25H20ClFN4O2/c1-2-33-25(32)23-29-31(19-11-7-16(26)8-12-19)24(30(23)18-13-9-17(27)10-14-18)21-15-28-22-6-4-3-5-20(21)22/h3-15,24,28H,2H2,1H3. The molecule has 1 aromatic heterocycles. The second kappa shape index (κ2) is 8.60. The first-order valence-electron chi connectivity index (χ1n) is 10.5. The number of aromatic nitrogens is 1. The number of aromatic amines is 1. The van der Waals surface area contributed by atoms with Crippen molar-refractivity contribution in [2.24, 2.45) is 5.10 Å². The summed E-state index contributed by atoms with van der Waals surface area (Å²) in [6, 6.07) is 21.1. The molecule has 5 rings (SSSR count). The Morgan fingerprint density at radius 3 is 2.48 bits per heavy atom. The van der Waals surface area contributed by atoms with Gasteiger partial charge in [0, 0.05) is 33.4 Å². The van der Waals surface area contributed by atoms with E-state index in [1.807, 2.05) is 42.6 Å². The van der Waals surface area contributed by atoms with E-state index in [0.717, 1.165) is 22.2 Å². The Morgan fingerprint density at radius 2 is 1.76 bits per heavy atom. The zero-order valence-electron chi connectivity index (χ0n) is 17.7. The lowest BCUT2D eigenvalue weighted by molar-refractivity contribution is -0.135. The lowest BCUT2D eigenvalue weighted by atomic mass is 10.1. The van der Waals surface area contributed by atoms with Gasteiger partial charge in [-0.25, -0.2) is 14.2 Å². The van der Waals surface area contributed by atoms with Crippen LogP contribution in [0, 0.1) is 5.82 Å². The average molecular weight is 463 g/mol. The molecule has 0 fully saturated rings. The molecule has 0 spiro atoms. The van der Waals surface area contributed by atoms with Gasteiger partial charge in [0.2, 0.25) is 5.84 Å². The van der Waals surface area contributed by atoms with Crippen molar-refractivity contribution in [2.75, 3.05) is 16.5 Å². The SMILES string of the molecule is CCOC(=O)C1=NN(c2ccc(Cl)cc2)C(c2c[nH]c3ccccc23)N1c1ccc(F)cc1. The molecule has 1 N–H and O–H groups in total. The minimum atomic E-state index is -0.567. The van der Waals surface area contributed by atoms with Gasteiger partial charge in [0.25, 0.3) is 0 Å². The summed E-state index contributed by atoms with van der Waals surface area (Å²) in [5.41, 5.74) is 3.19. The van der Waals surface area contributed by atoms with Gasteiger partial charge in [-0.1, -0.05) is 29.8 Å². The summed E-state index contributed by atoms with van der Waals surface area (Å²) >= 11 is 6.11. The average Bonchev–Trinajstić information content (AvgIpc) is 3.42. The molecule has 0 saturated carbocycles. The van der Waals surface area contributed by atoms with Crippen molar-refractivity contribution >= 4 is 45.7 Å². The summed E-state index contributed by atoms with van der Waals surface area (Å²) < 4.78 is 19.1. The highest BCUT2D eigenvalue weighted by Crippen LogP contribution is 2.41. The number of H-pyrrole nitrogens is 1. The normalized spacial score (nSPS) is 15.7. The number of hydrogen-bond acceptors (Lipinski definition) is 5. The minimum absolute atomic E-state index is 0.105. The molecule has 33 heavy (non-hydrogen) atoms. The van der Waals surface area contributed by atoms with Gasteiger partial charge in [-0.15, -0.1) is 5.10 Å². The van der Waals surface area contributed by atoms with E-state index >= 15 is 0 Å². The monoisotopic (exact) mass is 462 g/mol. The number of nitrogens with zero attached hydrogens (tertiary/aromatic N) is 3. The fourth-order valence-electron chi connectivity index (χ4n) is 4.00. The van der Waals surface area contributed by atoms with Crippen LogP contribution in [0.3, 0.4) is 0 Å². The molecular weight excluding hydrogens is 443 g/mol. The fourth-order valence-corrected chi connectivity index (χ4v) is 4.13. The number of nitrogens with one attached hydrogen (secondary N) is 1.